The molecule has 1 N–H and O–H groups in total. The number of amides is 2. The number of benzene rings is 2. The van der Waals surface area contributed by atoms with Gasteiger partial charge in [-0.3, -0.25) is 13.9 Å². The molecule has 0 heterocycles. The summed E-state index contributed by atoms with van der Waals surface area (Å²) in [5.74, 6) is -0.295. The van der Waals surface area contributed by atoms with Crippen molar-refractivity contribution in [2.75, 3.05) is 17.1 Å². The highest BCUT2D eigenvalue weighted by Gasteiger charge is 2.28. The zero-order valence-corrected chi connectivity index (χ0v) is 23.4. The molecule has 8 heteroatoms. The smallest absolute Gasteiger partial charge is 0.242 e. The zero-order chi connectivity index (χ0) is 27.0. The maximum atomic E-state index is 13.5. The summed E-state index contributed by atoms with van der Waals surface area (Å²) >= 11 is 0. The van der Waals surface area contributed by atoms with Gasteiger partial charge in [0, 0.05) is 25.6 Å². The van der Waals surface area contributed by atoms with Gasteiger partial charge in [0.25, 0.3) is 0 Å². The number of anilines is 1. The highest BCUT2D eigenvalue weighted by molar-refractivity contribution is 7.92. The van der Waals surface area contributed by atoms with Crippen molar-refractivity contribution in [2.24, 2.45) is 0 Å². The first kappa shape index (κ1) is 28.7. The van der Waals surface area contributed by atoms with Gasteiger partial charge >= 0.3 is 0 Å². The molecule has 37 heavy (non-hydrogen) atoms. The van der Waals surface area contributed by atoms with Gasteiger partial charge in [-0.1, -0.05) is 61.2 Å². The zero-order valence-electron chi connectivity index (χ0n) is 22.6. The third kappa shape index (κ3) is 8.59. The van der Waals surface area contributed by atoms with Crippen molar-refractivity contribution in [3.05, 3.63) is 65.2 Å². The molecule has 0 radical (unpaired) electrons. The maximum absolute atomic E-state index is 13.5. The lowest BCUT2D eigenvalue weighted by Gasteiger charge is -2.31. The van der Waals surface area contributed by atoms with Gasteiger partial charge in [0.05, 0.1) is 11.9 Å². The molecule has 2 aromatic carbocycles. The van der Waals surface area contributed by atoms with Gasteiger partial charge in [-0.25, -0.2) is 8.42 Å². The Balaban J connectivity index is 1.71. The van der Waals surface area contributed by atoms with E-state index >= 15 is 0 Å². The van der Waals surface area contributed by atoms with Crippen LogP contribution in [0, 0.1) is 13.8 Å². The predicted molar refractivity (Wildman–Crippen MR) is 149 cm³/mol. The lowest BCUT2D eigenvalue weighted by Crippen LogP contribution is -2.50. The first-order valence-corrected chi connectivity index (χ1v) is 15.1. The Hall–Kier alpha value is -2.87. The third-order valence-corrected chi connectivity index (χ3v) is 8.19. The van der Waals surface area contributed by atoms with Gasteiger partial charge in [0.2, 0.25) is 21.8 Å². The van der Waals surface area contributed by atoms with Crippen molar-refractivity contribution in [3.8, 4) is 0 Å². The summed E-state index contributed by atoms with van der Waals surface area (Å²) in [7, 11) is -3.51. The number of nitrogens with zero attached hydrogens (tertiary/aromatic N) is 2. The highest BCUT2D eigenvalue weighted by Crippen LogP contribution is 2.21. The fourth-order valence-corrected chi connectivity index (χ4v) is 5.90. The van der Waals surface area contributed by atoms with Crippen molar-refractivity contribution < 1.29 is 18.0 Å². The second kappa shape index (κ2) is 13.1. The summed E-state index contributed by atoms with van der Waals surface area (Å²) in [5, 5.41) is 3.15. The minimum atomic E-state index is -3.51. The lowest BCUT2D eigenvalue weighted by atomic mass is 9.95. The summed E-state index contributed by atoms with van der Waals surface area (Å²) in [6.45, 7) is 6.21. The summed E-state index contributed by atoms with van der Waals surface area (Å²) < 4.78 is 26.3. The summed E-state index contributed by atoms with van der Waals surface area (Å²) in [4.78, 5) is 28.3. The van der Waals surface area contributed by atoms with E-state index in [-0.39, 0.29) is 30.8 Å². The van der Waals surface area contributed by atoms with E-state index in [2.05, 4.69) is 5.32 Å². The van der Waals surface area contributed by atoms with E-state index in [1.165, 1.54) is 17.0 Å². The topological polar surface area (TPSA) is 86.8 Å². The van der Waals surface area contributed by atoms with Crippen LogP contribution in [0.2, 0.25) is 0 Å². The Labute approximate surface area is 222 Å². The van der Waals surface area contributed by atoms with Gasteiger partial charge in [0.1, 0.15) is 6.04 Å². The summed E-state index contributed by atoms with van der Waals surface area (Å²) in [5.41, 5.74) is 3.60. The molecule has 0 aliphatic heterocycles. The Kier molecular flexibility index (Phi) is 10.1. The first-order valence-electron chi connectivity index (χ1n) is 13.2. The van der Waals surface area contributed by atoms with E-state index in [1.807, 2.05) is 56.3 Å². The van der Waals surface area contributed by atoms with Crippen LogP contribution in [0.5, 0.6) is 0 Å². The Morgan fingerprint density at radius 1 is 1.00 bits per heavy atom. The van der Waals surface area contributed by atoms with E-state index in [0.29, 0.717) is 18.7 Å². The standard InChI is InChI=1S/C29H41N3O4S/c1-22-11-8-13-25(19-22)21-31(24(3)29(34)30-26-14-6-5-7-15-26)28(33)17-10-18-32(37(4,35)36)27-16-9-12-23(2)20-27/h8-9,11-13,16,19-20,24,26H,5-7,10,14-15,17-18,21H2,1-4H3,(H,30,34)/t24-/m0/s1. The quantitative estimate of drug-likeness (QED) is 0.458. The van der Waals surface area contributed by atoms with E-state index in [4.69, 9.17) is 0 Å². The highest BCUT2D eigenvalue weighted by atomic mass is 32.2. The fraction of sp³-hybridized carbons (Fsp3) is 0.517. The molecule has 3 rings (SSSR count). The number of carbonyl (C=O) groups excluding carboxylic acids is 2. The van der Waals surface area contributed by atoms with E-state index < -0.39 is 16.1 Å². The van der Waals surface area contributed by atoms with Crippen LogP contribution in [-0.2, 0) is 26.2 Å². The average Bonchev–Trinajstić information content (AvgIpc) is 2.84. The second-order valence-electron chi connectivity index (χ2n) is 10.3. The first-order chi connectivity index (χ1) is 17.5. The number of carbonyl (C=O) groups is 2. The molecule has 0 aromatic heterocycles. The molecular weight excluding hydrogens is 486 g/mol. The molecule has 2 amide bonds. The minimum absolute atomic E-state index is 0.134. The average molecular weight is 528 g/mol. The molecule has 1 fully saturated rings. The van der Waals surface area contributed by atoms with Crippen molar-refractivity contribution in [2.45, 2.75) is 84.3 Å². The molecule has 7 nitrogen and oxygen atoms in total. The van der Waals surface area contributed by atoms with Gasteiger partial charge in [0.15, 0.2) is 0 Å². The number of sulfonamides is 1. The molecular formula is C29H41N3O4S. The predicted octanol–water partition coefficient (Wildman–Crippen LogP) is 4.72. The lowest BCUT2D eigenvalue weighted by molar-refractivity contribution is -0.141. The third-order valence-electron chi connectivity index (χ3n) is 7.00. The van der Waals surface area contributed by atoms with Gasteiger partial charge in [-0.15, -0.1) is 0 Å². The maximum Gasteiger partial charge on any atom is 0.242 e. The molecule has 2 aromatic rings. The molecule has 0 bridgehead atoms. The van der Waals surface area contributed by atoms with E-state index in [1.54, 1.807) is 17.9 Å². The van der Waals surface area contributed by atoms with Crippen LogP contribution >= 0.6 is 0 Å². The monoisotopic (exact) mass is 527 g/mol. The Morgan fingerprint density at radius 2 is 1.65 bits per heavy atom. The van der Waals surface area contributed by atoms with Gasteiger partial charge in [-0.05, 0) is 63.3 Å². The Bertz CT molecular complexity index is 1180. The fourth-order valence-electron chi connectivity index (χ4n) is 4.95. The largest absolute Gasteiger partial charge is 0.352 e. The molecule has 1 aliphatic carbocycles. The van der Waals surface area contributed by atoms with Crippen molar-refractivity contribution in [3.63, 3.8) is 0 Å². The summed E-state index contributed by atoms with van der Waals surface area (Å²) in [6, 6.07) is 14.8. The number of hydrogen-bond donors (Lipinski definition) is 1. The van der Waals surface area contributed by atoms with Crippen LogP contribution in [0.4, 0.5) is 5.69 Å². The SMILES string of the molecule is Cc1cccc(CN(C(=O)CCCN(c2cccc(C)c2)S(C)(=O)=O)[C@@H](C)C(=O)NC2CCCCC2)c1. The molecule has 1 atom stereocenters. The van der Waals surface area contributed by atoms with Crippen LogP contribution in [0.3, 0.4) is 0 Å². The van der Waals surface area contributed by atoms with E-state index in [9.17, 15) is 18.0 Å². The van der Waals surface area contributed by atoms with Crippen LogP contribution in [0.15, 0.2) is 48.5 Å². The molecule has 1 saturated carbocycles. The number of hydrogen-bond acceptors (Lipinski definition) is 4. The van der Waals surface area contributed by atoms with Crippen LogP contribution in [0.25, 0.3) is 0 Å². The molecule has 202 valence electrons. The number of nitrogens with one attached hydrogen (secondary N) is 1. The molecule has 0 unspecified atom stereocenters. The Morgan fingerprint density at radius 3 is 2.27 bits per heavy atom. The van der Waals surface area contributed by atoms with Crippen molar-refractivity contribution in [1.29, 1.82) is 0 Å². The van der Waals surface area contributed by atoms with Crippen LogP contribution in [0.1, 0.15) is 68.6 Å². The van der Waals surface area contributed by atoms with E-state index in [0.717, 1.165) is 42.4 Å². The minimum Gasteiger partial charge on any atom is -0.352 e. The van der Waals surface area contributed by atoms with Crippen LogP contribution in [-0.4, -0.2) is 50.0 Å². The number of aryl methyl sites for hydroxylation is 2. The number of rotatable bonds is 11. The van der Waals surface area contributed by atoms with Gasteiger partial charge in [-0.2, -0.15) is 0 Å². The molecule has 1 aliphatic rings. The van der Waals surface area contributed by atoms with Crippen LogP contribution < -0.4 is 9.62 Å². The molecule has 0 saturated heterocycles. The second-order valence-corrected chi connectivity index (χ2v) is 12.2. The summed E-state index contributed by atoms with van der Waals surface area (Å²) in [6.07, 6.45) is 7.05. The normalized spacial score (nSPS) is 15.1. The van der Waals surface area contributed by atoms with Crippen molar-refractivity contribution >= 4 is 27.5 Å². The van der Waals surface area contributed by atoms with Crippen molar-refractivity contribution in [1.82, 2.24) is 10.2 Å². The van der Waals surface area contributed by atoms with Gasteiger partial charge < -0.3 is 10.2 Å². The molecule has 0 spiro atoms.